The van der Waals surface area contributed by atoms with Gasteiger partial charge in [-0.3, -0.25) is 0 Å². The third-order valence-electron chi connectivity index (χ3n) is 2.71. The second-order valence-corrected chi connectivity index (χ2v) is 5.87. The molecule has 0 N–H and O–H groups in total. The van der Waals surface area contributed by atoms with Crippen molar-refractivity contribution in [3.63, 3.8) is 0 Å². The lowest BCUT2D eigenvalue weighted by molar-refractivity contribution is 0.569. The number of alkyl halides is 1. The number of rotatable bonds is 2. The Balaban J connectivity index is 2.42. The van der Waals surface area contributed by atoms with E-state index in [0.29, 0.717) is 11.1 Å². The predicted molar refractivity (Wildman–Crippen MR) is 76.0 cm³/mol. The first-order chi connectivity index (χ1) is 8.49. The third kappa shape index (κ3) is 2.81. The first-order valence-corrected chi connectivity index (χ1v) is 7.05. The highest BCUT2D eigenvalue weighted by molar-refractivity contribution is 9.10. The summed E-state index contributed by atoms with van der Waals surface area (Å²) in [6, 6.07) is 10.0. The highest BCUT2D eigenvalue weighted by Gasteiger charge is 2.16. The smallest absolute Gasteiger partial charge is 0.130 e. The fourth-order valence-electron chi connectivity index (χ4n) is 1.69. The zero-order valence-electron chi connectivity index (χ0n) is 9.55. The average molecular weight is 376 g/mol. The lowest BCUT2D eigenvalue weighted by Gasteiger charge is -2.13. The molecule has 0 bridgehead atoms. The number of benzene rings is 2. The normalized spacial score (nSPS) is 12.5. The van der Waals surface area contributed by atoms with Gasteiger partial charge in [-0.15, -0.1) is 0 Å². The van der Waals surface area contributed by atoms with E-state index < -0.39 is 11.6 Å². The SMILES string of the molecule is Cc1cc(C(Br)c2ccc(Br)cc2)c(F)cc1F. The van der Waals surface area contributed by atoms with Crippen LogP contribution in [0.15, 0.2) is 40.9 Å². The zero-order chi connectivity index (χ0) is 13.3. The summed E-state index contributed by atoms with van der Waals surface area (Å²) in [6.07, 6.45) is 0. The molecule has 0 amide bonds. The van der Waals surface area contributed by atoms with Crippen LogP contribution in [0.4, 0.5) is 8.78 Å². The number of halogens is 4. The third-order valence-corrected chi connectivity index (χ3v) is 4.26. The molecule has 0 fully saturated rings. The van der Waals surface area contributed by atoms with Crippen molar-refractivity contribution in [1.82, 2.24) is 0 Å². The summed E-state index contributed by atoms with van der Waals surface area (Å²) < 4.78 is 27.9. The Bertz CT molecular complexity index is 565. The van der Waals surface area contributed by atoms with Gasteiger partial charge in [-0.05, 0) is 36.2 Å². The Labute approximate surface area is 121 Å². The van der Waals surface area contributed by atoms with E-state index in [2.05, 4.69) is 31.9 Å². The number of aryl methyl sites for hydroxylation is 1. The molecule has 1 unspecified atom stereocenters. The number of hydrogen-bond donors (Lipinski definition) is 0. The maximum absolute atomic E-state index is 13.8. The van der Waals surface area contributed by atoms with Crippen LogP contribution in [0.2, 0.25) is 0 Å². The summed E-state index contributed by atoms with van der Waals surface area (Å²) in [5, 5.41) is 0. The van der Waals surface area contributed by atoms with Crippen molar-refractivity contribution in [3.05, 3.63) is 69.2 Å². The zero-order valence-corrected chi connectivity index (χ0v) is 12.7. The molecule has 4 heteroatoms. The van der Waals surface area contributed by atoms with Crippen LogP contribution in [0, 0.1) is 18.6 Å². The van der Waals surface area contributed by atoms with Crippen LogP contribution in [0.25, 0.3) is 0 Å². The minimum atomic E-state index is -0.539. The van der Waals surface area contributed by atoms with Crippen molar-refractivity contribution in [2.24, 2.45) is 0 Å². The standard InChI is InChI=1S/C14H10Br2F2/c1-8-6-11(13(18)7-12(8)17)14(16)9-2-4-10(15)5-3-9/h2-7,14H,1H3. The summed E-state index contributed by atoms with van der Waals surface area (Å²) in [7, 11) is 0. The maximum atomic E-state index is 13.8. The predicted octanol–water partition coefficient (Wildman–Crippen LogP) is 5.52. The Hall–Kier alpha value is -0.740. The molecule has 0 aliphatic rings. The Morgan fingerprint density at radius 1 is 1.00 bits per heavy atom. The van der Waals surface area contributed by atoms with E-state index in [-0.39, 0.29) is 4.83 Å². The molecule has 2 aromatic carbocycles. The first-order valence-electron chi connectivity index (χ1n) is 5.34. The van der Waals surface area contributed by atoms with Crippen molar-refractivity contribution >= 4 is 31.9 Å². The molecular formula is C14H10Br2F2. The van der Waals surface area contributed by atoms with Gasteiger partial charge in [0.25, 0.3) is 0 Å². The van der Waals surface area contributed by atoms with Crippen LogP contribution in [-0.2, 0) is 0 Å². The van der Waals surface area contributed by atoms with Gasteiger partial charge in [-0.2, -0.15) is 0 Å². The molecule has 0 radical (unpaired) electrons. The van der Waals surface area contributed by atoms with Crippen molar-refractivity contribution in [2.75, 3.05) is 0 Å². The van der Waals surface area contributed by atoms with Gasteiger partial charge in [-0.1, -0.05) is 44.0 Å². The van der Waals surface area contributed by atoms with Crippen LogP contribution in [0.5, 0.6) is 0 Å². The van der Waals surface area contributed by atoms with E-state index >= 15 is 0 Å². The highest BCUT2D eigenvalue weighted by atomic mass is 79.9. The van der Waals surface area contributed by atoms with Crippen LogP contribution in [-0.4, -0.2) is 0 Å². The summed E-state index contributed by atoms with van der Waals surface area (Å²) in [5.41, 5.74) is 1.80. The van der Waals surface area contributed by atoms with E-state index in [4.69, 9.17) is 0 Å². The summed E-state index contributed by atoms with van der Waals surface area (Å²) in [5.74, 6) is -1.06. The summed E-state index contributed by atoms with van der Waals surface area (Å²) in [4.78, 5) is -0.287. The van der Waals surface area contributed by atoms with E-state index in [1.165, 1.54) is 6.07 Å². The first kappa shape index (κ1) is 13.7. The number of hydrogen-bond acceptors (Lipinski definition) is 0. The van der Waals surface area contributed by atoms with Crippen molar-refractivity contribution in [2.45, 2.75) is 11.8 Å². The second-order valence-electron chi connectivity index (χ2n) is 4.04. The minimum Gasteiger partial charge on any atom is -0.207 e. The Morgan fingerprint density at radius 3 is 2.22 bits per heavy atom. The fourth-order valence-corrected chi connectivity index (χ4v) is 2.61. The molecule has 0 saturated heterocycles. The van der Waals surface area contributed by atoms with Gasteiger partial charge in [0.1, 0.15) is 11.6 Å². The quantitative estimate of drug-likeness (QED) is 0.606. The van der Waals surface area contributed by atoms with Gasteiger partial charge < -0.3 is 0 Å². The van der Waals surface area contributed by atoms with E-state index in [0.717, 1.165) is 16.1 Å². The molecule has 2 aromatic rings. The lowest BCUT2D eigenvalue weighted by atomic mass is 10.0. The van der Waals surface area contributed by atoms with Gasteiger partial charge in [0.2, 0.25) is 0 Å². The Morgan fingerprint density at radius 2 is 1.61 bits per heavy atom. The van der Waals surface area contributed by atoms with Crippen molar-refractivity contribution in [1.29, 1.82) is 0 Å². The van der Waals surface area contributed by atoms with Crippen LogP contribution in [0.1, 0.15) is 21.5 Å². The van der Waals surface area contributed by atoms with Gasteiger partial charge >= 0.3 is 0 Å². The molecule has 1 atom stereocenters. The van der Waals surface area contributed by atoms with Gasteiger partial charge in [0.15, 0.2) is 0 Å². The lowest BCUT2D eigenvalue weighted by Crippen LogP contribution is -1.99. The largest absolute Gasteiger partial charge is 0.207 e. The highest BCUT2D eigenvalue weighted by Crippen LogP contribution is 2.34. The second kappa shape index (κ2) is 5.49. The molecule has 0 nitrogen and oxygen atoms in total. The minimum absolute atomic E-state index is 0.287. The topological polar surface area (TPSA) is 0 Å². The van der Waals surface area contributed by atoms with Crippen LogP contribution < -0.4 is 0 Å². The molecular weight excluding hydrogens is 366 g/mol. The molecule has 94 valence electrons. The molecule has 18 heavy (non-hydrogen) atoms. The average Bonchev–Trinajstić information content (AvgIpc) is 2.34. The summed E-state index contributed by atoms with van der Waals surface area (Å²) >= 11 is 6.80. The molecule has 0 saturated carbocycles. The van der Waals surface area contributed by atoms with E-state index in [1.807, 2.05) is 24.3 Å². The summed E-state index contributed by atoms with van der Waals surface area (Å²) in [6.45, 7) is 1.62. The van der Waals surface area contributed by atoms with Gasteiger partial charge in [0.05, 0.1) is 4.83 Å². The fraction of sp³-hybridized carbons (Fsp3) is 0.143. The van der Waals surface area contributed by atoms with Crippen LogP contribution >= 0.6 is 31.9 Å². The van der Waals surface area contributed by atoms with Crippen molar-refractivity contribution < 1.29 is 8.78 Å². The Kier molecular flexibility index (Phi) is 4.17. The maximum Gasteiger partial charge on any atom is 0.130 e. The molecule has 0 spiro atoms. The van der Waals surface area contributed by atoms with E-state index in [1.54, 1.807) is 6.92 Å². The molecule has 0 aromatic heterocycles. The van der Waals surface area contributed by atoms with Crippen molar-refractivity contribution in [3.8, 4) is 0 Å². The van der Waals surface area contributed by atoms with Gasteiger partial charge in [-0.25, -0.2) is 8.78 Å². The molecule has 0 aliphatic carbocycles. The molecule has 2 rings (SSSR count). The van der Waals surface area contributed by atoms with E-state index in [9.17, 15) is 8.78 Å². The molecule has 0 heterocycles. The monoisotopic (exact) mass is 374 g/mol. The molecule has 0 aliphatic heterocycles. The van der Waals surface area contributed by atoms with Crippen LogP contribution in [0.3, 0.4) is 0 Å². The van der Waals surface area contributed by atoms with Gasteiger partial charge in [0, 0.05) is 16.1 Å².